The molecule has 0 N–H and O–H groups in total. The zero-order chi connectivity index (χ0) is 17.9. The number of piperazine rings is 1. The van der Waals surface area contributed by atoms with Gasteiger partial charge in [0, 0.05) is 32.4 Å². The number of rotatable bonds is 4. The minimum Gasteiger partial charge on any atom is -0.336 e. The molecule has 2 heterocycles. The molecular weight excluding hydrogens is 362 g/mol. The molecule has 0 atom stereocenters. The number of amides is 1. The Morgan fingerprint density at radius 1 is 1.04 bits per heavy atom. The number of benzene rings is 1. The number of aromatic nitrogens is 1. The van der Waals surface area contributed by atoms with Gasteiger partial charge >= 0.3 is 0 Å². The highest BCUT2D eigenvalue weighted by atomic mass is 35.5. The highest BCUT2D eigenvalue weighted by Crippen LogP contribution is 2.18. The highest BCUT2D eigenvalue weighted by molar-refractivity contribution is 7.88. The second-order valence-corrected chi connectivity index (χ2v) is 8.10. The second-order valence-electron chi connectivity index (χ2n) is 5.77. The van der Waals surface area contributed by atoms with E-state index < -0.39 is 10.0 Å². The molecule has 0 radical (unpaired) electrons. The zero-order valence-electron chi connectivity index (χ0n) is 13.5. The van der Waals surface area contributed by atoms with Gasteiger partial charge in [0.15, 0.2) is 0 Å². The summed E-state index contributed by atoms with van der Waals surface area (Å²) in [5, 5.41) is 0.159. The smallest absolute Gasteiger partial charge is 0.257 e. The first-order chi connectivity index (χ1) is 12.0. The van der Waals surface area contributed by atoms with E-state index in [2.05, 4.69) is 4.98 Å². The van der Waals surface area contributed by atoms with E-state index in [9.17, 15) is 13.2 Å². The van der Waals surface area contributed by atoms with E-state index >= 15 is 0 Å². The van der Waals surface area contributed by atoms with Crippen LogP contribution in [0.4, 0.5) is 0 Å². The van der Waals surface area contributed by atoms with Crippen LogP contribution in [0.25, 0.3) is 0 Å². The van der Waals surface area contributed by atoms with Crippen molar-refractivity contribution in [3.05, 3.63) is 64.9 Å². The first-order valence-electron chi connectivity index (χ1n) is 7.89. The third-order valence-corrected chi connectivity index (χ3v) is 6.25. The number of pyridine rings is 1. The third-order valence-electron chi connectivity index (χ3n) is 4.10. The van der Waals surface area contributed by atoms with Gasteiger partial charge in [0.25, 0.3) is 5.91 Å². The molecule has 0 aliphatic carbocycles. The summed E-state index contributed by atoms with van der Waals surface area (Å²) in [4.78, 5) is 18.0. The Balaban J connectivity index is 1.63. The molecule has 0 spiro atoms. The molecule has 1 aliphatic rings. The molecule has 0 saturated carbocycles. The molecule has 1 saturated heterocycles. The van der Waals surface area contributed by atoms with Crippen LogP contribution in [-0.2, 0) is 15.8 Å². The van der Waals surface area contributed by atoms with E-state index in [0.717, 1.165) is 5.56 Å². The predicted octanol–water partition coefficient (Wildman–Crippen LogP) is 2.02. The molecule has 8 heteroatoms. The number of sulfonamides is 1. The molecule has 1 amide bonds. The van der Waals surface area contributed by atoms with Crippen LogP contribution in [0, 0.1) is 0 Å². The maximum absolute atomic E-state index is 12.5. The lowest BCUT2D eigenvalue weighted by atomic mass is 10.2. The highest BCUT2D eigenvalue weighted by Gasteiger charge is 2.30. The number of carbonyl (C=O) groups excluding carboxylic acids is 1. The molecule has 25 heavy (non-hydrogen) atoms. The van der Waals surface area contributed by atoms with E-state index in [0.29, 0.717) is 18.7 Å². The summed E-state index contributed by atoms with van der Waals surface area (Å²) in [6.45, 7) is 1.22. The van der Waals surface area contributed by atoms with Gasteiger partial charge in [-0.3, -0.25) is 4.79 Å². The largest absolute Gasteiger partial charge is 0.336 e. The summed E-state index contributed by atoms with van der Waals surface area (Å²) >= 11 is 5.96. The Bertz CT molecular complexity index is 850. The van der Waals surface area contributed by atoms with Crippen molar-refractivity contribution < 1.29 is 13.2 Å². The summed E-state index contributed by atoms with van der Waals surface area (Å²) in [6, 6.07) is 12.3. The van der Waals surface area contributed by atoms with E-state index in [-0.39, 0.29) is 29.9 Å². The molecule has 1 aromatic heterocycles. The lowest BCUT2D eigenvalue weighted by molar-refractivity contribution is 0.0697. The zero-order valence-corrected chi connectivity index (χ0v) is 15.1. The SMILES string of the molecule is O=C(c1cccnc1Cl)N1CCN(S(=O)(=O)Cc2ccccc2)CC1. The molecular formula is C17H18ClN3O3S. The Kier molecular flexibility index (Phi) is 5.36. The van der Waals surface area contributed by atoms with Crippen LogP contribution in [-0.4, -0.2) is 54.7 Å². The van der Waals surface area contributed by atoms with Crippen LogP contribution >= 0.6 is 11.6 Å². The van der Waals surface area contributed by atoms with Crippen LogP contribution in [0.5, 0.6) is 0 Å². The number of carbonyl (C=O) groups is 1. The molecule has 6 nitrogen and oxygen atoms in total. The number of nitrogens with zero attached hydrogens (tertiary/aromatic N) is 3. The fourth-order valence-electron chi connectivity index (χ4n) is 2.76. The topological polar surface area (TPSA) is 70.6 Å². The van der Waals surface area contributed by atoms with Gasteiger partial charge < -0.3 is 4.90 Å². The standard InChI is InChI=1S/C17H18ClN3O3S/c18-16-15(7-4-8-19-16)17(22)20-9-11-21(12-10-20)25(23,24)13-14-5-2-1-3-6-14/h1-8H,9-13H2. The molecule has 1 aliphatic heterocycles. The van der Waals surface area contributed by atoms with Gasteiger partial charge in [-0.05, 0) is 17.7 Å². The summed E-state index contributed by atoms with van der Waals surface area (Å²) in [7, 11) is -3.40. The number of hydrogen-bond donors (Lipinski definition) is 0. The van der Waals surface area contributed by atoms with Gasteiger partial charge in [-0.2, -0.15) is 4.31 Å². The van der Waals surface area contributed by atoms with Gasteiger partial charge in [-0.25, -0.2) is 13.4 Å². The molecule has 132 valence electrons. The molecule has 2 aromatic rings. The van der Waals surface area contributed by atoms with Crippen LogP contribution in [0.1, 0.15) is 15.9 Å². The van der Waals surface area contributed by atoms with Crippen LogP contribution in [0.3, 0.4) is 0 Å². The van der Waals surface area contributed by atoms with E-state index in [1.54, 1.807) is 29.2 Å². The second kappa shape index (κ2) is 7.51. The van der Waals surface area contributed by atoms with Crippen molar-refractivity contribution in [2.24, 2.45) is 0 Å². The minimum absolute atomic E-state index is 0.0315. The predicted molar refractivity (Wildman–Crippen MR) is 95.8 cm³/mol. The van der Waals surface area contributed by atoms with E-state index in [4.69, 9.17) is 11.6 Å². The van der Waals surface area contributed by atoms with Gasteiger partial charge in [0.05, 0.1) is 11.3 Å². The minimum atomic E-state index is -3.40. The average molecular weight is 380 g/mol. The maximum Gasteiger partial charge on any atom is 0.257 e. The molecule has 1 fully saturated rings. The maximum atomic E-state index is 12.5. The molecule has 0 bridgehead atoms. The summed E-state index contributed by atoms with van der Waals surface area (Å²) in [5.74, 6) is -0.255. The lowest BCUT2D eigenvalue weighted by Gasteiger charge is -2.34. The molecule has 3 rings (SSSR count). The van der Waals surface area contributed by atoms with Crippen molar-refractivity contribution in [2.75, 3.05) is 26.2 Å². The Morgan fingerprint density at radius 3 is 2.36 bits per heavy atom. The fraction of sp³-hybridized carbons (Fsp3) is 0.294. The van der Waals surface area contributed by atoms with Crippen molar-refractivity contribution in [3.63, 3.8) is 0 Å². The third kappa shape index (κ3) is 4.18. The summed E-state index contributed by atoms with van der Waals surface area (Å²) < 4.78 is 26.5. The normalized spacial score (nSPS) is 16.0. The van der Waals surface area contributed by atoms with Gasteiger partial charge in [-0.1, -0.05) is 41.9 Å². The Labute approximate surface area is 152 Å². The Hall–Kier alpha value is -1.96. The summed E-state index contributed by atoms with van der Waals surface area (Å²) in [5.41, 5.74) is 1.09. The van der Waals surface area contributed by atoms with Crippen LogP contribution in [0.15, 0.2) is 48.7 Å². The Morgan fingerprint density at radius 2 is 1.72 bits per heavy atom. The van der Waals surface area contributed by atoms with Gasteiger partial charge in [-0.15, -0.1) is 0 Å². The molecule has 1 aromatic carbocycles. The first-order valence-corrected chi connectivity index (χ1v) is 9.87. The average Bonchev–Trinajstić information content (AvgIpc) is 2.62. The van der Waals surface area contributed by atoms with Crippen LogP contribution in [0.2, 0.25) is 5.15 Å². The van der Waals surface area contributed by atoms with Gasteiger partial charge in [0.1, 0.15) is 5.15 Å². The van der Waals surface area contributed by atoms with Crippen molar-refractivity contribution in [3.8, 4) is 0 Å². The van der Waals surface area contributed by atoms with Crippen molar-refractivity contribution >= 4 is 27.5 Å². The quantitative estimate of drug-likeness (QED) is 0.762. The number of hydrogen-bond acceptors (Lipinski definition) is 4. The number of halogens is 1. The van der Waals surface area contributed by atoms with Crippen molar-refractivity contribution in [1.82, 2.24) is 14.2 Å². The van der Waals surface area contributed by atoms with Crippen molar-refractivity contribution in [1.29, 1.82) is 0 Å². The van der Waals surface area contributed by atoms with Crippen molar-refractivity contribution in [2.45, 2.75) is 5.75 Å². The van der Waals surface area contributed by atoms with Crippen LogP contribution < -0.4 is 0 Å². The van der Waals surface area contributed by atoms with Gasteiger partial charge in [0.2, 0.25) is 10.0 Å². The van der Waals surface area contributed by atoms with E-state index in [1.165, 1.54) is 10.5 Å². The molecule has 0 unspecified atom stereocenters. The fourth-order valence-corrected chi connectivity index (χ4v) is 4.48. The summed E-state index contributed by atoms with van der Waals surface area (Å²) in [6.07, 6.45) is 1.52. The first kappa shape index (κ1) is 17.8. The van der Waals surface area contributed by atoms with E-state index in [1.807, 2.05) is 18.2 Å². The lowest BCUT2D eigenvalue weighted by Crippen LogP contribution is -2.50. The monoisotopic (exact) mass is 379 g/mol.